The Bertz CT molecular complexity index is 44.9. The van der Waals surface area contributed by atoms with Crippen molar-refractivity contribution in [1.82, 2.24) is 0 Å². The zero-order chi connectivity index (χ0) is 4.28. The summed E-state index contributed by atoms with van der Waals surface area (Å²) in [6.07, 6.45) is 0. The summed E-state index contributed by atoms with van der Waals surface area (Å²) in [7, 11) is -0.558. The highest BCUT2D eigenvalue weighted by Gasteiger charge is 1.98. The maximum atomic E-state index is 9.52. The Morgan fingerprint density at radius 2 is 2.20 bits per heavy atom. The molecule has 0 aromatic rings. The van der Waals surface area contributed by atoms with E-state index in [1.54, 1.807) is 0 Å². The van der Waals surface area contributed by atoms with E-state index >= 15 is 0 Å². The molecule has 0 aromatic carbocycles. The van der Waals surface area contributed by atoms with Crippen molar-refractivity contribution >= 4 is 8.18 Å². The lowest BCUT2D eigenvalue weighted by Crippen LogP contribution is -1.76. The predicted octanol–water partition coefficient (Wildman–Crippen LogP) is 0.249. The number of rotatable bonds is 1. The summed E-state index contributed by atoms with van der Waals surface area (Å²) in [6, 6.07) is 0. The van der Waals surface area contributed by atoms with Crippen molar-refractivity contribution in [3.05, 3.63) is 0 Å². The molecule has 0 saturated heterocycles. The highest BCUT2D eigenvalue weighted by atomic mass is 31.1. The van der Waals surface area contributed by atoms with Crippen molar-refractivity contribution < 1.29 is 9.09 Å². The van der Waals surface area contributed by atoms with Gasteiger partial charge in [0.25, 0.3) is 0 Å². The summed E-state index contributed by atoms with van der Waals surface area (Å²) in [4.78, 5) is 0. The molecule has 0 spiro atoms. The van der Waals surface area contributed by atoms with Crippen molar-refractivity contribution in [3.63, 3.8) is 0 Å². The fraction of sp³-hybridized carbons (Fsp3) is 1.00. The Morgan fingerprint density at radius 1 is 2.00 bits per heavy atom. The van der Waals surface area contributed by atoms with Gasteiger partial charge >= 0.3 is 8.18 Å². The lowest BCUT2D eigenvalue weighted by Gasteiger charge is -1.57. The maximum Gasteiger partial charge on any atom is 0.609 e. The first-order valence-corrected chi connectivity index (χ1v) is 2.28. The second-order valence-corrected chi connectivity index (χ2v) is 1.40. The quantitative estimate of drug-likeness (QED) is 0.474. The monoisotopic (exact) mass is 94.0 g/mol. The van der Waals surface area contributed by atoms with Gasteiger partial charge in [0.05, 0.1) is 7.11 Å². The van der Waals surface area contributed by atoms with E-state index in [4.69, 9.17) is 0 Å². The molecule has 0 aromatic heterocycles. The van der Waals surface area contributed by atoms with E-state index in [1.165, 1.54) is 7.11 Å². The van der Waals surface area contributed by atoms with E-state index in [2.05, 4.69) is 10.0 Å². The van der Waals surface area contributed by atoms with E-state index in [0.717, 1.165) is 0 Å². The van der Waals surface area contributed by atoms with Crippen molar-refractivity contribution in [3.8, 4) is 0 Å². The molecule has 0 saturated carbocycles. The summed E-state index contributed by atoms with van der Waals surface area (Å²) in [5.74, 6) is 0. The number of hydrogen-bond acceptors (Lipinski definition) is 2. The molecule has 0 radical (unpaired) electrons. The Balaban J connectivity index is 2.85. The van der Waals surface area contributed by atoms with Crippen LogP contribution in [-0.4, -0.2) is 7.11 Å². The molecule has 30 valence electrons. The van der Waals surface area contributed by atoms with Crippen LogP contribution in [0.15, 0.2) is 0 Å². The van der Waals surface area contributed by atoms with Gasteiger partial charge in [0.15, 0.2) is 0 Å². The molecule has 0 aliphatic heterocycles. The summed E-state index contributed by atoms with van der Waals surface area (Å²) >= 11 is 0. The zero-order valence-electron chi connectivity index (χ0n) is 2.84. The lowest BCUT2D eigenvalue weighted by atomic mass is 11.8. The van der Waals surface area contributed by atoms with Crippen LogP contribution in [0.1, 0.15) is 0 Å². The number of nitrogens with two attached hydrogens (primary N) is 1. The molecule has 0 amide bonds. The Hall–Kier alpha value is 0.0200. The first kappa shape index (κ1) is 5.02. The van der Waals surface area contributed by atoms with Crippen LogP contribution in [0.25, 0.3) is 0 Å². The van der Waals surface area contributed by atoms with Gasteiger partial charge < -0.3 is 0 Å². The van der Waals surface area contributed by atoms with Crippen LogP contribution < -0.4 is 5.50 Å². The standard InChI is InChI=1S/CH5NO2P/c1-4-5(2)3/h1H3,(H2,2,3)/q+1. The molecule has 0 heterocycles. The molecule has 5 heavy (non-hydrogen) atoms. The molecular weight excluding hydrogens is 89.0 g/mol. The fourth-order valence-corrected chi connectivity index (χ4v) is 0. The minimum absolute atomic E-state index is 1.29. The van der Waals surface area contributed by atoms with Crippen LogP contribution in [0.3, 0.4) is 0 Å². The SMILES string of the molecule is CO[P+](N)=O. The average molecular weight is 94.0 g/mol. The van der Waals surface area contributed by atoms with Gasteiger partial charge in [0, 0.05) is 0 Å². The molecule has 4 heteroatoms. The maximum absolute atomic E-state index is 9.52. The minimum Gasteiger partial charge on any atom is -0.133 e. The van der Waals surface area contributed by atoms with Crippen molar-refractivity contribution in [2.45, 2.75) is 0 Å². The topological polar surface area (TPSA) is 52.3 Å². The molecule has 0 fully saturated rings. The van der Waals surface area contributed by atoms with Gasteiger partial charge in [-0.2, -0.15) is 0 Å². The molecule has 0 bridgehead atoms. The van der Waals surface area contributed by atoms with E-state index < -0.39 is 8.18 Å². The fourth-order valence-electron chi connectivity index (χ4n) is 0. The van der Waals surface area contributed by atoms with Gasteiger partial charge in [-0.3, -0.25) is 0 Å². The van der Waals surface area contributed by atoms with Crippen molar-refractivity contribution in [2.24, 2.45) is 5.50 Å². The first-order chi connectivity index (χ1) is 2.27. The third-order valence-electron chi connectivity index (χ3n) is 0.180. The Kier molecular flexibility index (Phi) is 2.28. The van der Waals surface area contributed by atoms with Gasteiger partial charge in [0.1, 0.15) is 0 Å². The largest absolute Gasteiger partial charge is 0.609 e. The zero-order valence-corrected chi connectivity index (χ0v) is 3.74. The third kappa shape index (κ3) is 4.02. The normalized spacial score (nSPS) is 11.2. The minimum atomic E-state index is -1.85. The molecule has 1 atom stereocenters. The Labute approximate surface area is 31.0 Å². The average Bonchev–Trinajstić information content (AvgIpc) is 1.38. The number of hydrogen-bond donors (Lipinski definition) is 1. The molecule has 1 unspecified atom stereocenters. The molecule has 0 aliphatic rings. The van der Waals surface area contributed by atoms with Crippen LogP contribution in [-0.2, 0) is 9.09 Å². The molecule has 0 rings (SSSR count). The van der Waals surface area contributed by atoms with Gasteiger partial charge in [0.2, 0.25) is 0 Å². The highest BCUT2D eigenvalue weighted by molar-refractivity contribution is 7.36. The second-order valence-electron chi connectivity index (χ2n) is 0.468. The van der Waals surface area contributed by atoms with Crippen LogP contribution in [0.2, 0.25) is 0 Å². The van der Waals surface area contributed by atoms with Crippen LogP contribution >= 0.6 is 8.18 Å². The lowest BCUT2D eigenvalue weighted by molar-refractivity contribution is 0.416. The van der Waals surface area contributed by atoms with Crippen LogP contribution in [0, 0.1) is 0 Å². The van der Waals surface area contributed by atoms with E-state index in [9.17, 15) is 4.57 Å². The van der Waals surface area contributed by atoms with E-state index in [-0.39, 0.29) is 0 Å². The summed E-state index contributed by atoms with van der Waals surface area (Å²) in [5.41, 5.74) is 4.58. The van der Waals surface area contributed by atoms with Crippen LogP contribution in [0.5, 0.6) is 0 Å². The van der Waals surface area contributed by atoms with Gasteiger partial charge in [-0.05, 0) is 4.57 Å². The second kappa shape index (κ2) is 2.27. The van der Waals surface area contributed by atoms with Gasteiger partial charge in [-0.15, -0.1) is 4.52 Å². The van der Waals surface area contributed by atoms with E-state index in [1.807, 2.05) is 0 Å². The van der Waals surface area contributed by atoms with E-state index in [0.29, 0.717) is 0 Å². The summed E-state index contributed by atoms with van der Waals surface area (Å²) < 4.78 is 13.6. The molecule has 2 N–H and O–H groups in total. The third-order valence-corrected chi connectivity index (χ3v) is 0.540. The molecule has 0 aliphatic carbocycles. The highest BCUT2D eigenvalue weighted by Crippen LogP contribution is 2.03. The van der Waals surface area contributed by atoms with Gasteiger partial charge in [-0.25, -0.2) is 0 Å². The smallest absolute Gasteiger partial charge is 0.133 e. The molecular formula is CH5NO2P+. The predicted molar refractivity (Wildman–Crippen MR) is 18.8 cm³/mol. The summed E-state index contributed by atoms with van der Waals surface area (Å²) in [5, 5.41) is 0. The van der Waals surface area contributed by atoms with Crippen molar-refractivity contribution in [2.75, 3.05) is 7.11 Å². The molecule has 3 nitrogen and oxygen atoms in total. The van der Waals surface area contributed by atoms with Gasteiger partial charge in [-0.1, -0.05) is 5.50 Å². The Morgan fingerprint density at radius 3 is 2.20 bits per heavy atom. The van der Waals surface area contributed by atoms with Crippen molar-refractivity contribution in [1.29, 1.82) is 0 Å². The summed E-state index contributed by atoms with van der Waals surface area (Å²) in [6.45, 7) is 0. The first-order valence-electron chi connectivity index (χ1n) is 1.03. The van der Waals surface area contributed by atoms with Crippen LogP contribution in [0.4, 0.5) is 0 Å².